The summed E-state index contributed by atoms with van der Waals surface area (Å²) in [5.74, 6) is 0.428. The van der Waals surface area contributed by atoms with E-state index in [9.17, 15) is 4.79 Å². The highest BCUT2D eigenvalue weighted by molar-refractivity contribution is 7.12. The molecule has 2 aliphatic rings. The van der Waals surface area contributed by atoms with E-state index < -0.39 is 0 Å². The van der Waals surface area contributed by atoms with Gasteiger partial charge >= 0.3 is 0 Å². The Morgan fingerprint density at radius 3 is 2.86 bits per heavy atom. The summed E-state index contributed by atoms with van der Waals surface area (Å²) < 4.78 is 3.37. The second-order valence-electron chi connectivity index (χ2n) is 9.07. The van der Waals surface area contributed by atoms with E-state index in [0.717, 1.165) is 42.5 Å². The zero-order valence-electron chi connectivity index (χ0n) is 19.5. The van der Waals surface area contributed by atoms with E-state index in [2.05, 4.69) is 50.4 Å². The maximum Gasteiger partial charge on any atom is 0.284 e. The number of aromatic nitrogens is 6. The second kappa shape index (κ2) is 8.21. The zero-order valence-corrected chi connectivity index (χ0v) is 20.4. The number of hydrogen-bond donors (Lipinski definition) is 1. The van der Waals surface area contributed by atoms with Gasteiger partial charge in [-0.15, -0.1) is 11.3 Å². The third-order valence-corrected chi connectivity index (χ3v) is 7.42. The summed E-state index contributed by atoms with van der Waals surface area (Å²) in [5.41, 5.74) is 5.25. The van der Waals surface area contributed by atoms with Crippen molar-refractivity contribution in [2.24, 2.45) is 0 Å². The maximum atomic E-state index is 13.6. The number of hydrogen-bond acceptors (Lipinski definition) is 8. The Morgan fingerprint density at radius 2 is 1.97 bits per heavy atom. The molecule has 178 valence electrons. The third kappa shape index (κ3) is 3.37. The molecular weight excluding hydrogens is 472 g/mol. The van der Waals surface area contributed by atoms with Gasteiger partial charge in [-0.3, -0.25) is 4.79 Å². The lowest BCUT2D eigenvalue weighted by molar-refractivity contribution is 0.376. The van der Waals surface area contributed by atoms with Crippen LogP contribution in [-0.2, 0) is 0 Å². The number of allylic oxidation sites excluding steroid dienone is 3. The molecule has 0 fully saturated rings. The molecule has 1 aliphatic heterocycles. The molecule has 5 heterocycles. The molecule has 0 unspecified atom stereocenters. The summed E-state index contributed by atoms with van der Waals surface area (Å²) in [4.78, 5) is 34.3. The monoisotopic (exact) mass is 494 g/mol. The van der Waals surface area contributed by atoms with Gasteiger partial charge in [0, 0.05) is 48.4 Å². The van der Waals surface area contributed by atoms with Gasteiger partial charge < -0.3 is 10.2 Å². The van der Waals surface area contributed by atoms with Crippen LogP contribution in [0.2, 0.25) is 0 Å². The molecule has 0 saturated heterocycles. The summed E-state index contributed by atoms with van der Waals surface area (Å²) in [7, 11) is 2.15. The molecule has 7 rings (SSSR count). The maximum absolute atomic E-state index is 13.6. The van der Waals surface area contributed by atoms with Crippen LogP contribution in [0.1, 0.15) is 12.8 Å². The molecule has 0 bridgehead atoms. The fourth-order valence-electron chi connectivity index (χ4n) is 4.95. The summed E-state index contributed by atoms with van der Waals surface area (Å²) in [6.07, 6.45) is 11.7. The van der Waals surface area contributed by atoms with Gasteiger partial charge in [-0.05, 0) is 42.8 Å². The van der Waals surface area contributed by atoms with E-state index in [1.54, 1.807) is 16.9 Å². The molecule has 1 aromatic carbocycles. The van der Waals surface area contributed by atoms with E-state index in [0.29, 0.717) is 27.8 Å². The first kappa shape index (κ1) is 21.2. The van der Waals surface area contributed by atoms with Gasteiger partial charge in [0.25, 0.3) is 5.56 Å². The fraction of sp³-hybridized carbons (Fsp3) is 0.192. The van der Waals surface area contributed by atoms with Gasteiger partial charge in [0.2, 0.25) is 11.1 Å². The number of nitrogens with zero attached hydrogens (tertiary/aromatic N) is 7. The minimum absolute atomic E-state index is 0.231. The lowest BCUT2D eigenvalue weighted by Crippen LogP contribution is -2.22. The summed E-state index contributed by atoms with van der Waals surface area (Å²) >= 11 is 1.46. The van der Waals surface area contributed by atoms with E-state index in [4.69, 9.17) is 4.98 Å². The van der Waals surface area contributed by atoms with E-state index in [1.165, 1.54) is 22.5 Å². The summed E-state index contributed by atoms with van der Waals surface area (Å²) in [6.45, 7) is 2.02. The molecule has 0 atom stereocenters. The van der Waals surface area contributed by atoms with Crippen molar-refractivity contribution < 1.29 is 0 Å². The van der Waals surface area contributed by atoms with Crippen molar-refractivity contribution in [1.82, 2.24) is 34.0 Å². The van der Waals surface area contributed by atoms with Crippen molar-refractivity contribution in [3.63, 3.8) is 0 Å². The van der Waals surface area contributed by atoms with Crippen molar-refractivity contribution in [3.8, 4) is 5.13 Å². The Balaban J connectivity index is 1.33. The highest BCUT2D eigenvalue weighted by atomic mass is 32.1. The van der Waals surface area contributed by atoms with Crippen LogP contribution in [0.4, 0.5) is 5.95 Å². The van der Waals surface area contributed by atoms with Crippen LogP contribution in [0.3, 0.4) is 0 Å². The fourth-order valence-corrected chi connectivity index (χ4v) is 5.60. The van der Waals surface area contributed by atoms with Crippen LogP contribution in [-0.4, -0.2) is 54.2 Å². The SMILES string of the molecule is CN1CCC=C2CC(Nc3ncc4c(=O)n5c(nc4n3)c3ccccc3n5-c3nccs3)=CC=C2C1. The number of likely N-dealkylation sites (N-methyl/N-ethyl adjacent to an activating group) is 1. The first-order chi connectivity index (χ1) is 17.7. The lowest BCUT2D eigenvalue weighted by atomic mass is 9.95. The molecule has 36 heavy (non-hydrogen) atoms. The van der Waals surface area contributed by atoms with Crippen molar-refractivity contribution in [2.75, 3.05) is 25.5 Å². The Hall–Kier alpha value is -4.15. The Labute approximate surface area is 209 Å². The van der Waals surface area contributed by atoms with Crippen molar-refractivity contribution >= 4 is 44.9 Å². The van der Waals surface area contributed by atoms with Crippen LogP contribution < -0.4 is 10.9 Å². The normalized spacial score (nSPS) is 16.5. The molecule has 1 aliphatic carbocycles. The largest absolute Gasteiger partial charge is 0.327 e. The molecule has 9 nitrogen and oxygen atoms in total. The lowest BCUT2D eigenvalue weighted by Gasteiger charge is -2.20. The predicted octanol–water partition coefficient (Wildman–Crippen LogP) is 3.93. The topological polar surface area (TPSA) is 93.2 Å². The van der Waals surface area contributed by atoms with Crippen LogP contribution in [0, 0.1) is 0 Å². The number of rotatable bonds is 3. The molecule has 10 heteroatoms. The molecule has 0 spiro atoms. The third-order valence-electron chi connectivity index (χ3n) is 6.67. The number of benzene rings is 1. The van der Waals surface area contributed by atoms with Crippen LogP contribution in [0.25, 0.3) is 32.7 Å². The van der Waals surface area contributed by atoms with Gasteiger partial charge in [-0.1, -0.05) is 24.3 Å². The van der Waals surface area contributed by atoms with Gasteiger partial charge in [-0.25, -0.2) is 19.6 Å². The minimum atomic E-state index is -0.231. The van der Waals surface area contributed by atoms with Crippen LogP contribution >= 0.6 is 11.3 Å². The van der Waals surface area contributed by atoms with Crippen molar-refractivity contribution in [1.29, 1.82) is 0 Å². The Morgan fingerprint density at radius 1 is 1.06 bits per heavy atom. The number of para-hydroxylation sites is 1. The van der Waals surface area contributed by atoms with E-state index >= 15 is 0 Å². The molecule has 0 radical (unpaired) electrons. The van der Waals surface area contributed by atoms with E-state index in [-0.39, 0.29) is 5.56 Å². The number of thiazole rings is 1. The second-order valence-corrected chi connectivity index (χ2v) is 9.94. The van der Waals surface area contributed by atoms with Crippen LogP contribution in [0.5, 0.6) is 0 Å². The van der Waals surface area contributed by atoms with Crippen molar-refractivity contribution in [2.45, 2.75) is 12.8 Å². The van der Waals surface area contributed by atoms with Gasteiger partial charge in [0.1, 0.15) is 5.39 Å². The van der Waals surface area contributed by atoms with Gasteiger partial charge in [0.05, 0.1) is 5.52 Å². The highest BCUT2D eigenvalue weighted by Crippen LogP contribution is 2.29. The Kier molecular flexibility index (Phi) is 4.83. The smallest absolute Gasteiger partial charge is 0.284 e. The molecule has 0 saturated carbocycles. The quantitative estimate of drug-likeness (QED) is 0.406. The zero-order chi connectivity index (χ0) is 24.2. The average Bonchev–Trinajstić information content (AvgIpc) is 3.47. The number of nitrogens with one attached hydrogen (secondary N) is 1. The van der Waals surface area contributed by atoms with Gasteiger partial charge in [-0.2, -0.15) is 9.50 Å². The summed E-state index contributed by atoms with van der Waals surface area (Å²) in [6, 6.07) is 7.81. The summed E-state index contributed by atoms with van der Waals surface area (Å²) in [5, 5.41) is 7.14. The van der Waals surface area contributed by atoms with Gasteiger partial charge in [0.15, 0.2) is 11.3 Å². The molecular formula is C26H22N8OS. The molecule has 0 amide bonds. The number of anilines is 1. The minimum Gasteiger partial charge on any atom is -0.327 e. The number of fused-ring (bicyclic) bond motifs is 5. The Bertz CT molecular complexity index is 1810. The standard InChI is InChI=1S/C26H22N8OS/c1-32-11-4-5-16-13-18(9-8-17(16)15-32)29-25-28-14-20-22(31-25)30-23-19-6-2-3-7-21(19)33(34(23)24(20)35)26-27-10-12-36-26/h2-3,5-10,12,14H,4,11,13,15H2,1H3,(H,28,29,31). The highest BCUT2D eigenvalue weighted by Gasteiger charge is 2.20. The predicted molar refractivity (Wildman–Crippen MR) is 142 cm³/mol. The van der Waals surface area contributed by atoms with E-state index in [1.807, 2.05) is 34.3 Å². The first-order valence-corrected chi connectivity index (χ1v) is 12.7. The van der Waals surface area contributed by atoms with Crippen molar-refractivity contribution in [3.05, 3.63) is 87.5 Å². The molecule has 4 aromatic heterocycles. The molecule has 1 N–H and O–H groups in total. The average molecular weight is 495 g/mol. The molecule has 5 aromatic rings. The first-order valence-electron chi connectivity index (χ1n) is 11.8. The van der Waals surface area contributed by atoms with Crippen LogP contribution in [0.15, 0.2) is 81.9 Å².